The Morgan fingerprint density at radius 2 is 1.38 bits per heavy atom. The molecule has 0 aliphatic heterocycles. The van der Waals surface area contributed by atoms with Gasteiger partial charge in [-0.3, -0.25) is 9.59 Å². The van der Waals surface area contributed by atoms with E-state index in [1.807, 2.05) is 86.6 Å². The Morgan fingerprint density at radius 1 is 0.793 bits per heavy atom. The predicted molar refractivity (Wildman–Crippen MR) is 116 cm³/mol. The maximum atomic E-state index is 13.0. The zero-order valence-corrected chi connectivity index (χ0v) is 16.8. The molecule has 0 saturated carbocycles. The highest BCUT2D eigenvalue weighted by molar-refractivity contribution is 5.97. The van der Waals surface area contributed by atoms with Crippen LogP contribution >= 0.6 is 0 Å². The van der Waals surface area contributed by atoms with Crippen molar-refractivity contribution in [2.24, 2.45) is 0 Å². The zero-order valence-electron chi connectivity index (χ0n) is 16.8. The molecule has 0 bridgehead atoms. The Labute approximate surface area is 172 Å². The Balaban J connectivity index is 1.75. The van der Waals surface area contributed by atoms with E-state index in [9.17, 15) is 9.59 Å². The maximum Gasteiger partial charge on any atom is 0.251 e. The lowest BCUT2D eigenvalue weighted by Gasteiger charge is -2.22. The minimum atomic E-state index is -0.669. The molecule has 148 valence electrons. The van der Waals surface area contributed by atoms with Crippen LogP contribution in [0.15, 0.2) is 84.9 Å². The average Bonchev–Trinajstić information content (AvgIpc) is 2.75. The summed E-state index contributed by atoms with van der Waals surface area (Å²) < 4.78 is 0. The van der Waals surface area contributed by atoms with Crippen molar-refractivity contribution >= 4 is 11.8 Å². The van der Waals surface area contributed by atoms with E-state index >= 15 is 0 Å². The monoisotopic (exact) mass is 386 g/mol. The standard InChI is InChI=1S/C25H26N2O2/c1-18-13-15-22(16-14-18)24(28)27-23(17-20-9-5-3-6-10-20)25(29)26-19(2)21-11-7-4-8-12-21/h3-16,19,23H,17H2,1-2H3,(H,26,29)(H,27,28). The van der Waals surface area contributed by atoms with Gasteiger partial charge in [0.1, 0.15) is 6.04 Å². The normalized spacial score (nSPS) is 12.6. The molecule has 4 nitrogen and oxygen atoms in total. The van der Waals surface area contributed by atoms with Gasteiger partial charge in [-0.2, -0.15) is 0 Å². The minimum Gasteiger partial charge on any atom is -0.348 e. The van der Waals surface area contributed by atoms with Crippen LogP contribution in [-0.2, 0) is 11.2 Å². The van der Waals surface area contributed by atoms with Crippen molar-refractivity contribution in [3.8, 4) is 0 Å². The molecule has 0 heterocycles. The van der Waals surface area contributed by atoms with E-state index in [1.165, 1.54) is 0 Å². The van der Waals surface area contributed by atoms with E-state index in [1.54, 1.807) is 12.1 Å². The summed E-state index contributed by atoms with van der Waals surface area (Å²) >= 11 is 0. The number of aryl methyl sites for hydroxylation is 1. The SMILES string of the molecule is Cc1ccc(C(=O)NC(Cc2ccccc2)C(=O)NC(C)c2ccccc2)cc1. The van der Waals surface area contributed by atoms with E-state index in [0.717, 1.165) is 16.7 Å². The van der Waals surface area contributed by atoms with Crippen molar-refractivity contribution < 1.29 is 9.59 Å². The first-order chi connectivity index (χ1) is 14.0. The first-order valence-corrected chi connectivity index (χ1v) is 9.79. The molecule has 29 heavy (non-hydrogen) atoms. The molecule has 2 N–H and O–H groups in total. The summed E-state index contributed by atoms with van der Waals surface area (Å²) in [6.45, 7) is 3.91. The summed E-state index contributed by atoms with van der Waals surface area (Å²) in [6, 6.07) is 26.0. The first-order valence-electron chi connectivity index (χ1n) is 9.79. The molecule has 2 amide bonds. The fourth-order valence-corrected chi connectivity index (χ4v) is 3.14. The van der Waals surface area contributed by atoms with Crippen LogP contribution in [0.2, 0.25) is 0 Å². The van der Waals surface area contributed by atoms with E-state index in [4.69, 9.17) is 0 Å². The van der Waals surface area contributed by atoms with Crippen molar-refractivity contribution in [2.75, 3.05) is 0 Å². The average molecular weight is 386 g/mol. The summed E-state index contributed by atoms with van der Waals surface area (Å²) in [6.07, 6.45) is 0.422. The van der Waals surface area contributed by atoms with Gasteiger partial charge in [0.2, 0.25) is 5.91 Å². The highest BCUT2D eigenvalue weighted by Crippen LogP contribution is 2.13. The van der Waals surface area contributed by atoms with Crippen molar-refractivity contribution in [1.29, 1.82) is 0 Å². The molecule has 0 radical (unpaired) electrons. The molecule has 2 unspecified atom stereocenters. The highest BCUT2D eigenvalue weighted by atomic mass is 16.2. The molecular weight excluding hydrogens is 360 g/mol. The lowest BCUT2D eigenvalue weighted by Crippen LogP contribution is -2.48. The summed E-state index contributed by atoms with van der Waals surface area (Å²) in [5.41, 5.74) is 3.63. The first kappa shape index (κ1) is 20.3. The van der Waals surface area contributed by atoms with E-state index in [-0.39, 0.29) is 17.9 Å². The number of benzene rings is 3. The van der Waals surface area contributed by atoms with Crippen LogP contribution in [0, 0.1) is 6.92 Å². The highest BCUT2D eigenvalue weighted by Gasteiger charge is 2.23. The van der Waals surface area contributed by atoms with Gasteiger partial charge in [0.05, 0.1) is 6.04 Å². The molecule has 2 atom stereocenters. The topological polar surface area (TPSA) is 58.2 Å². The molecule has 3 rings (SSSR count). The Morgan fingerprint density at radius 3 is 2.00 bits per heavy atom. The maximum absolute atomic E-state index is 13.0. The van der Waals surface area contributed by atoms with Gasteiger partial charge in [-0.15, -0.1) is 0 Å². The fourth-order valence-electron chi connectivity index (χ4n) is 3.14. The number of carbonyl (C=O) groups is 2. The molecule has 0 aliphatic carbocycles. The summed E-state index contributed by atoms with van der Waals surface area (Å²) in [4.78, 5) is 25.8. The second-order valence-electron chi connectivity index (χ2n) is 7.22. The van der Waals surface area contributed by atoms with Gasteiger partial charge >= 0.3 is 0 Å². The van der Waals surface area contributed by atoms with Crippen LogP contribution in [0.5, 0.6) is 0 Å². The Hall–Kier alpha value is -3.40. The smallest absolute Gasteiger partial charge is 0.251 e. The van der Waals surface area contributed by atoms with Crippen molar-refractivity contribution in [3.63, 3.8) is 0 Å². The van der Waals surface area contributed by atoms with Gasteiger partial charge in [-0.1, -0.05) is 78.4 Å². The second kappa shape index (κ2) is 9.69. The number of hydrogen-bond acceptors (Lipinski definition) is 2. The van der Waals surface area contributed by atoms with Crippen LogP contribution < -0.4 is 10.6 Å². The van der Waals surface area contributed by atoms with Crippen LogP contribution in [0.3, 0.4) is 0 Å². The quantitative estimate of drug-likeness (QED) is 0.639. The van der Waals surface area contributed by atoms with Crippen molar-refractivity contribution in [2.45, 2.75) is 32.4 Å². The van der Waals surface area contributed by atoms with Crippen LogP contribution in [0.4, 0.5) is 0 Å². The molecule has 0 spiro atoms. The summed E-state index contributed by atoms with van der Waals surface area (Å²) in [5.74, 6) is -0.459. The Kier molecular flexibility index (Phi) is 6.80. The third-order valence-electron chi connectivity index (χ3n) is 4.88. The number of nitrogens with one attached hydrogen (secondary N) is 2. The van der Waals surface area contributed by atoms with E-state index < -0.39 is 6.04 Å². The number of hydrogen-bond donors (Lipinski definition) is 2. The second-order valence-corrected chi connectivity index (χ2v) is 7.22. The van der Waals surface area contributed by atoms with Crippen molar-refractivity contribution in [1.82, 2.24) is 10.6 Å². The molecule has 0 fully saturated rings. The van der Waals surface area contributed by atoms with Gasteiger partial charge in [0.25, 0.3) is 5.91 Å². The number of amides is 2. The van der Waals surface area contributed by atoms with E-state index in [2.05, 4.69) is 10.6 Å². The van der Waals surface area contributed by atoms with Gasteiger partial charge in [0, 0.05) is 12.0 Å². The van der Waals surface area contributed by atoms with E-state index in [0.29, 0.717) is 12.0 Å². The molecule has 4 heteroatoms. The lowest BCUT2D eigenvalue weighted by atomic mass is 10.0. The van der Waals surface area contributed by atoms with Gasteiger partial charge in [0.15, 0.2) is 0 Å². The number of rotatable bonds is 7. The van der Waals surface area contributed by atoms with Gasteiger partial charge < -0.3 is 10.6 Å². The molecule has 0 saturated heterocycles. The van der Waals surface area contributed by atoms with Crippen LogP contribution in [0.25, 0.3) is 0 Å². The summed E-state index contributed by atoms with van der Waals surface area (Å²) in [5, 5.41) is 5.94. The predicted octanol–water partition coefficient (Wildman–Crippen LogP) is 4.21. The van der Waals surface area contributed by atoms with Gasteiger partial charge in [-0.25, -0.2) is 0 Å². The molecular formula is C25H26N2O2. The largest absolute Gasteiger partial charge is 0.348 e. The number of carbonyl (C=O) groups excluding carboxylic acids is 2. The molecule has 3 aromatic carbocycles. The summed E-state index contributed by atoms with van der Waals surface area (Å²) in [7, 11) is 0. The molecule has 0 aromatic heterocycles. The molecule has 0 aliphatic rings. The lowest BCUT2D eigenvalue weighted by molar-refractivity contribution is -0.123. The molecule has 3 aromatic rings. The zero-order chi connectivity index (χ0) is 20.6. The third-order valence-corrected chi connectivity index (χ3v) is 4.88. The third kappa shape index (κ3) is 5.79. The fraction of sp³-hybridized carbons (Fsp3) is 0.200. The van der Waals surface area contributed by atoms with Crippen LogP contribution in [0.1, 0.15) is 40.0 Å². The van der Waals surface area contributed by atoms with Crippen LogP contribution in [-0.4, -0.2) is 17.9 Å². The minimum absolute atomic E-state index is 0.154. The van der Waals surface area contributed by atoms with Gasteiger partial charge in [-0.05, 0) is 37.1 Å². The Bertz CT molecular complexity index is 938. The van der Waals surface area contributed by atoms with Crippen molar-refractivity contribution in [3.05, 3.63) is 107 Å².